The number of benzene rings is 2. The Hall–Kier alpha value is -3.41. The summed E-state index contributed by atoms with van der Waals surface area (Å²) in [6.45, 7) is 1.30. The number of carbonyl (C=O) groups excluding carboxylic acids is 2. The SMILES string of the molecule is COc1cc(NCCCCCCN2C(=O)c3ccccc3C2=O)c2ncccc2c1. The van der Waals surface area contributed by atoms with Gasteiger partial charge in [-0.2, -0.15) is 0 Å². The summed E-state index contributed by atoms with van der Waals surface area (Å²) in [5.41, 5.74) is 2.94. The number of rotatable bonds is 9. The molecule has 2 aromatic carbocycles. The van der Waals surface area contributed by atoms with Crippen LogP contribution in [-0.2, 0) is 0 Å². The Kier molecular flexibility index (Phi) is 5.93. The molecule has 0 fully saturated rings. The largest absolute Gasteiger partial charge is 0.497 e. The summed E-state index contributed by atoms with van der Waals surface area (Å²) < 4.78 is 5.38. The third kappa shape index (κ3) is 3.99. The first-order valence-electron chi connectivity index (χ1n) is 10.3. The second kappa shape index (κ2) is 8.95. The summed E-state index contributed by atoms with van der Waals surface area (Å²) in [5, 5.41) is 4.50. The molecule has 0 radical (unpaired) electrons. The first-order valence-corrected chi connectivity index (χ1v) is 10.3. The van der Waals surface area contributed by atoms with Crippen molar-refractivity contribution in [3.05, 3.63) is 65.9 Å². The van der Waals surface area contributed by atoms with E-state index in [0.29, 0.717) is 17.7 Å². The third-order valence-electron chi connectivity index (χ3n) is 5.42. The van der Waals surface area contributed by atoms with Crippen LogP contribution in [0.15, 0.2) is 54.7 Å². The molecule has 1 aliphatic rings. The summed E-state index contributed by atoms with van der Waals surface area (Å²) in [6.07, 6.45) is 5.58. The van der Waals surface area contributed by atoms with E-state index in [1.807, 2.05) is 24.3 Å². The first kappa shape index (κ1) is 19.9. The molecule has 0 bridgehead atoms. The van der Waals surface area contributed by atoms with Gasteiger partial charge in [0.05, 0.1) is 29.4 Å². The van der Waals surface area contributed by atoms with Crippen LogP contribution < -0.4 is 10.1 Å². The molecule has 0 atom stereocenters. The molecule has 30 heavy (non-hydrogen) atoms. The number of unbranched alkanes of at least 4 members (excludes halogenated alkanes) is 3. The molecule has 3 aromatic rings. The average Bonchev–Trinajstić information content (AvgIpc) is 3.03. The van der Waals surface area contributed by atoms with Gasteiger partial charge in [-0.3, -0.25) is 19.5 Å². The number of hydrogen-bond donors (Lipinski definition) is 1. The highest BCUT2D eigenvalue weighted by molar-refractivity contribution is 6.21. The van der Waals surface area contributed by atoms with E-state index < -0.39 is 0 Å². The zero-order valence-electron chi connectivity index (χ0n) is 17.1. The van der Waals surface area contributed by atoms with Crippen LogP contribution in [0, 0.1) is 0 Å². The predicted molar refractivity (Wildman–Crippen MR) is 117 cm³/mol. The minimum absolute atomic E-state index is 0.172. The minimum atomic E-state index is -0.172. The lowest BCUT2D eigenvalue weighted by Gasteiger charge is -2.14. The number of aromatic nitrogens is 1. The number of nitrogens with zero attached hydrogens (tertiary/aromatic N) is 2. The van der Waals surface area contributed by atoms with Crippen LogP contribution in [0.2, 0.25) is 0 Å². The molecule has 4 rings (SSSR count). The fourth-order valence-electron chi connectivity index (χ4n) is 3.83. The van der Waals surface area contributed by atoms with Gasteiger partial charge < -0.3 is 10.1 Å². The van der Waals surface area contributed by atoms with Crippen LogP contribution in [0.5, 0.6) is 5.75 Å². The number of imide groups is 1. The number of nitrogens with one attached hydrogen (secondary N) is 1. The maximum absolute atomic E-state index is 12.4. The zero-order valence-corrected chi connectivity index (χ0v) is 17.1. The monoisotopic (exact) mass is 403 g/mol. The number of pyridine rings is 1. The van der Waals surface area contributed by atoms with Crippen LogP contribution >= 0.6 is 0 Å². The lowest BCUT2D eigenvalue weighted by Crippen LogP contribution is -2.30. The van der Waals surface area contributed by atoms with Crippen molar-refractivity contribution in [3.8, 4) is 5.75 Å². The van der Waals surface area contributed by atoms with E-state index in [0.717, 1.165) is 54.6 Å². The highest BCUT2D eigenvalue weighted by Crippen LogP contribution is 2.28. The number of ether oxygens (including phenoxy) is 1. The van der Waals surface area contributed by atoms with E-state index in [1.165, 1.54) is 4.90 Å². The minimum Gasteiger partial charge on any atom is -0.497 e. The Morgan fingerprint density at radius 1 is 0.933 bits per heavy atom. The molecule has 1 aliphatic heterocycles. The van der Waals surface area contributed by atoms with Gasteiger partial charge in [-0.15, -0.1) is 0 Å². The van der Waals surface area contributed by atoms with E-state index in [4.69, 9.17) is 4.74 Å². The third-order valence-corrected chi connectivity index (χ3v) is 5.42. The Labute approximate surface area is 175 Å². The normalized spacial score (nSPS) is 13.0. The topological polar surface area (TPSA) is 71.5 Å². The molecular formula is C24H25N3O3. The standard InChI is InChI=1S/C24H25N3O3/c1-30-18-15-17-9-8-13-26-22(17)21(16-18)25-12-6-2-3-7-14-27-23(28)19-10-4-5-11-20(19)24(27)29/h4-5,8-11,13,15-16,25H,2-3,6-7,12,14H2,1H3. The maximum atomic E-state index is 12.4. The van der Waals surface area contributed by atoms with Gasteiger partial charge in [0.1, 0.15) is 5.75 Å². The van der Waals surface area contributed by atoms with Crippen molar-refractivity contribution in [2.24, 2.45) is 0 Å². The van der Waals surface area contributed by atoms with Gasteiger partial charge in [0.15, 0.2) is 0 Å². The number of amides is 2. The molecule has 6 nitrogen and oxygen atoms in total. The quantitative estimate of drug-likeness (QED) is 0.420. The molecule has 0 saturated heterocycles. The molecule has 0 unspecified atom stereocenters. The molecule has 2 amide bonds. The zero-order chi connectivity index (χ0) is 20.9. The fraction of sp³-hybridized carbons (Fsp3) is 0.292. The Bertz CT molecular complexity index is 1050. The highest BCUT2D eigenvalue weighted by Gasteiger charge is 2.34. The average molecular weight is 403 g/mol. The van der Waals surface area contributed by atoms with Crippen LogP contribution in [0.25, 0.3) is 10.9 Å². The van der Waals surface area contributed by atoms with Crippen molar-refractivity contribution in [2.45, 2.75) is 25.7 Å². The van der Waals surface area contributed by atoms with E-state index in [9.17, 15) is 9.59 Å². The van der Waals surface area contributed by atoms with Gasteiger partial charge in [-0.05, 0) is 37.1 Å². The van der Waals surface area contributed by atoms with Crippen molar-refractivity contribution < 1.29 is 14.3 Å². The van der Waals surface area contributed by atoms with Crippen molar-refractivity contribution in [1.29, 1.82) is 0 Å². The van der Waals surface area contributed by atoms with Gasteiger partial charge in [0.2, 0.25) is 0 Å². The lowest BCUT2D eigenvalue weighted by atomic mass is 10.1. The van der Waals surface area contributed by atoms with Crippen LogP contribution in [0.3, 0.4) is 0 Å². The van der Waals surface area contributed by atoms with Crippen molar-refractivity contribution >= 4 is 28.4 Å². The van der Waals surface area contributed by atoms with Gasteiger partial charge >= 0.3 is 0 Å². The molecule has 0 aliphatic carbocycles. The molecule has 0 saturated carbocycles. The molecule has 0 spiro atoms. The summed E-state index contributed by atoms with van der Waals surface area (Å²) in [4.78, 5) is 30.6. The van der Waals surface area contributed by atoms with E-state index in [2.05, 4.69) is 10.3 Å². The van der Waals surface area contributed by atoms with Gasteiger partial charge in [0, 0.05) is 30.7 Å². The number of methoxy groups -OCH3 is 1. The van der Waals surface area contributed by atoms with Crippen LogP contribution in [0.1, 0.15) is 46.4 Å². The van der Waals surface area contributed by atoms with E-state index in [-0.39, 0.29) is 11.8 Å². The Morgan fingerprint density at radius 3 is 2.40 bits per heavy atom. The molecule has 154 valence electrons. The summed E-state index contributed by atoms with van der Waals surface area (Å²) in [7, 11) is 1.66. The van der Waals surface area contributed by atoms with Crippen molar-refractivity contribution in [1.82, 2.24) is 9.88 Å². The molecule has 6 heteroatoms. The molecule has 1 N–H and O–H groups in total. The molecule has 1 aromatic heterocycles. The van der Waals surface area contributed by atoms with Crippen LogP contribution in [0.4, 0.5) is 5.69 Å². The number of hydrogen-bond acceptors (Lipinski definition) is 5. The van der Waals surface area contributed by atoms with Crippen molar-refractivity contribution in [2.75, 3.05) is 25.5 Å². The summed E-state index contributed by atoms with van der Waals surface area (Å²) in [5.74, 6) is 0.461. The second-order valence-corrected chi connectivity index (χ2v) is 7.40. The lowest BCUT2D eigenvalue weighted by molar-refractivity contribution is 0.0651. The fourth-order valence-corrected chi connectivity index (χ4v) is 3.83. The van der Waals surface area contributed by atoms with E-state index >= 15 is 0 Å². The van der Waals surface area contributed by atoms with Gasteiger partial charge in [-0.1, -0.05) is 31.0 Å². The second-order valence-electron chi connectivity index (χ2n) is 7.40. The smallest absolute Gasteiger partial charge is 0.261 e. The Balaban J connectivity index is 1.22. The Morgan fingerprint density at radius 2 is 1.67 bits per heavy atom. The maximum Gasteiger partial charge on any atom is 0.261 e. The number of carbonyl (C=O) groups is 2. The first-order chi connectivity index (χ1) is 14.7. The summed E-state index contributed by atoms with van der Waals surface area (Å²) >= 11 is 0. The number of anilines is 1. The van der Waals surface area contributed by atoms with Gasteiger partial charge in [-0.25, -0.2) is 0 Å². The van der Waals surface area contributed by atoms with Crippen LogP contribution in [-0.4, -0.2) is 41.9 Å². The summed E-state index contributed by atoms with van der Waals surface area (Å²) in [6, 6.07) is 14.9. The van der Waals surface area contributed by atoms with Gasteiger partial charge in [0.25, 0.3) is 11.8 Å². The predicted octanol–water partition coefficient (Wildman–Crippen LogP) is 4.51. The number of fused-ring (bicyclic) bond motifs is 2. The van der Waals surface area contributed by atoms with E-state index in [1.54, 1.807) is 37.6 Å². The highest BCUT2D eigenvalue weighted by atomic mass is 16.5. The van der Waals surface area contributed by atoms with Crippen molar-refractivity contribution in [3.63, 3.8) is 0 Å². The molecular weight excluding hydrogens is 378 g/mol. The molecule has 2 heterocycles.